The first-order chi connectivity index (χ1) is 9.87. The molecule has 2 aliphatic rings. The Morgan fingerprint density at radius 3 is 2.32 bits per heavy atom. The van der Waals surface area contributed by atoms with Crippen LogP contribution in [0, 0.1) is 23.5 Å². The summed E-state index contributed by atoms with van der Waals surface area (Å²) in [6.07, 6.45) is 1.89. The summed E-state index contributed by atoms with van der Waals surface area (Å²) in [7, 11) is -3.61. The zero-order valence-electron chi connectivity index (χ0n) is 11.9. The molecule has 0 aromatic heterocycles. The summed E-state index contributed by atoms with van der Waals surface area (Å²) in [5, 5.41) is 0. The molecule has 2 fully saturated rings. The molecule has 2 bridgehead atoms. The largest absolute Gasteiger partial charge is 0.327 e. The highest BCUT2D eigenvalue weighted by Crippen LogP contribution is 2.37. The van der Waals surface area contributed by atoms with E-state index < -0.39 is 27.4 Å². The van der Waals surface area contributed by atoms with E-state index in [0.717, 1.165) is 18.9 Å². The van der Waals surface area contributed by atoms with E-state index in [4.69, 9.17) is 5.73 Å². The minimum Gasteiger partial charge on any atom is -0.327 e. The second-order valence-corrected chi connectivity index (χ2v) is 7.95. The Labute approximate surface area is 135 Å². The van der Waals surface area contributed by atoms with Crippen LogP contribution in [0.4, 0.5) is 8.78 Å². The van der Waals surface area contributed by atoms with Crippen LogP contribution in [0.3, 0.4) is 0 Å². The lowest BCUT2D eigenvalue weighted by Gasteiger charge is -2.35. The summed E-state index contributed by atoms with van der Waals surface area (Å²) >= 11 is 0. The van der Waals surface area contributed by atoms with E-state index in [1.807, 2.05) is 0 Å². The zero-order valence-corrected chi connectivity index (χ0v) is 13.5. The molecule has 0 spiro atoms. The fourth-order valence-electron chi connectivity index (χ4n) is 3.38. The highest BCUT2D eigenvalue weighted by molar-refractivity contribution is 7.88. The predicted octanol–water partition coefficient (Wildman–Crippen LogP) is 1.89. The number of sulfonamides is 1. The van der Waals surface area contributed by atoms with Crippen molar-refractivity contribution in [2.45, 2.75) is 24.6 Å². The molecule has 0 amide bonds. The van der Waals surface area contributed by atoms with Gasteiger partial charge in [0.2, 0.25) is 10.0 Å². The molecule has 1 aromatic rings. The van der Waals surface area contributed by atoms with Gasteiger partial charge in [0.25, 0.3) is 0 Å². The lowest BCUT2D eigenvalue weighted by molar-refractivity contribution is 0.228. The van der Waals surface area contributed by atoms with Crippen LogP contribution in [0.1, 0.15) is 18.4 Å². The molecule has 3 rings (SSSR count). The third kappa shape index (κ3) is 3.27. The van der Waals surface area contributed by atoms with Gasteiger partial charge in [-0.05, 0) is 30.7 Å². The molecular weight excluding hydrogens is 334 g/mol. The van der Waals surface area contributed by atoms with Crippen LogP contribution in [0.15, 0.2) is 18.2 Å². The quantitative estimate of drug-likeness (QED) is 0.903. The van der Waals surface area contributed by atoms with Gasteiger partial charge in [0, 0.05) is 30.8 Å². The van der Waals surface area contributed by atoms with Crippen molar-refractivity contribution in [3.63, 3.8) is 0 Å². The first-order valence-electron chi connectivity index (χ1n) is 7.04. The third-order valence-electron chi connectivity index (χ3n) is 4.62. The number of piperidine rings is 1. The SMILES string of the molecule is Cl.NC1[C@@H]2CC[C@H]1CN(S(=O)(=O)Cc1ccc(F)cc1F)C2. The molecule has 124 valence electrons. The minimum atomic E-state index is -3.61. The number of nitrogens with zero attached hydrogens (tertiary/aromatic N) is 1. The lowest BCUT2D eigenvalue weighted by atomic mass is 9.95. The molecule has 4 nitrogen and oxygen atoms in total. The van der Waals surface area contributed by atoms with Crippen molar-refractivity contribution in [2.75, 3.05) is 13.1 Å². The van der Waals surface area contributed by atoms with Crippen LogP contribution in [-0.4, -0.2) is 31.9 Å². The smallest absolute Gasteiger partial charge is 0.218 e. The lowest BCUT2D eigenvalue weighted by Crippen LogP contribution is -2.50. The molecular formula is C14H19ClF2N2O2S. The van der Waals surface area contributed by atoms with Gasteiger partial charge < -0.3 is 5.73 Å². The van der Waals surface area contributed by atoms with Crippen LogP contribution in [0.2, 0.25) is 0 Å². The molecule has 1 aliphatic carbocycles. The highest BCUT2D eigenvalue weighted by atomic mass is 35.5. The third-order valence-corrected chi connectivity index (χ3v) is 6.38. The topological polar surface area (TPSA) is 63.4 Å². The molecule has 1 aromatic carbocycles. The second kappa shape index (κ2) is 6.39. The average Bonchev–Trinajstić information content (AvgIpc) is 2.64. The summed E-state index contributed by atoms with van der Waals surface area (Å²) in [6.45, 7) is 0.811. The van der Waals surface area contributed by atoms with Gasteiger partial charge in [0.05, 0.1) is 5.75 Å². The average molecular weight is 353 g/mol. The van der Waals surface area contributed by atoms with Crippen molar-refractivity contribution in [3.05, 3.63) is 35.4 Å². The Morgan fingerprint density at radius 2 is 1.77 bits per heavy atom. The molecule has 1 unspecified atom stereocenters. The predicted molar refractivity (Wildman–Crippen MR) is 82.0 cm³/mol. The minimum absolute atomic E-state index is 0. The van der Waals surface area contributed by atoms with Gasteiger partial charge in [-0.1, -0.05) is 6.07 Å². The first kappa shape index (κ1) is 17.6. The Bertz CT molecular complexity index is 642. The number of hydrogen-bond acceptors (Lipinski definition) is 3. The maximum absolute atomic E-state index is 13.6. The van der Waals surface area contributed by atoms with E-state index in [1.54, 1.807) is 0 Å². The molecule has 1 aliphatic heterocycles. The monoisotopic (exact) mass is 352 g/mol. The standard InChI is InChI=1S/C14H18F2N2O2S.ClH/c15-12-4-3-11(13(16)5-12)8-21(19,20)18-6-9-1-2-10(7-18)14(9)17;/h3-5,9-10,14H,1-2,6-8,17H2;1H/t9-,10+,14?;. The normalized spacial score (nSPS) is 28.4. The summed E-state index contributed by atoms with van der Waals surface area (Å²) in [5.41, 5.74) is 6.06. The van der Waals surface area contributed by atoms with E-state index in [2.05, 4.69) is 0 Å². The van der Waals surface area contributed by atoms with E-state index >= 15 is 0 Å². The van der Waals surface area contributed by atoms with Crippen LogP contribution in [-0.2, 0) is 15.8 Å². The van der Waals surface area contributed by atoms with Crippen molar-refractivity contribution in [1.82, 2.24) is 4.31 Å². The molecule has 1 saturated heterocycles. The van der Waals surface area contributed by atoms with Crippen LogP contribution in [0.5, 0.6) is 0 Å². The highest BCUT2D eigenvalue weighted by Gasteiger charge is 2.43. The maximum Gasteiger partial charge on any atom is 0.218 e. The molecule has 8 heteroatoms. The van der Waals surface area contributed by atoms with Gasteiger partial charge in [-0.2, -0.15) is 0 Å². The van der Waals surface area contributed by atoms with Gasteiger partial charge in [0.15, 0.2) is 0 Å². The first-order valence-corrected chi connectivity index (χ1v) is 8.65. The zero-order chi connectivity index (χ0) is 15.2. The van der Waals surface area contributed by atoms with E-state index in [9.17, 15) is 17.2 Å². The van der Waals surface area contributed by atoms with Gasteiger partial charge in [-0.25, -0.2) is 21.5 Å². The molecule has 3 atom stereocenters. The molecule has 1 heterocycles. The Kier molecular flexibility index (Phi) is 5.11. The van der Waals surface area contributed by atoms with Crippen molar-refractivity contribution < 1.29 is 17.2 Å². The number of benzene rings is 1. The number of halogens is 3. The molecule has 0 radical (unpaired) electrons. The van der Waals surface area contributed by atoms with Gasteiger partial charge in [0.1, 0.15) is 11.6 Å². The number of rotatable bonds is 3. The molecule has 22 heavy (non-hydrogen) atoms. The van der Waals surface area contributed by atoms with Gasteiger partial charge >= 0.3 is 0 Å². The fourth-order valence-corrected chi connectivity index (χ4v) is 5.02. The Hall–Kier alpha value is -0.760. The van der Waals surface area contributed by atoms with Crippen LogP contribution in [0.25, 0.3) is 0 Å². The van der Waals surface area contributed by atoms with Crippen molar-refractivity contribution in [1.29, 1.82) is 0 Å². The van der Waals surface area contributed by atoms with Gasteiger partial charge in [-0.15, -0.1) is 12.4 Å². The van der Waals surface area contributed by atoms with E-state index in [1.165, 1.54) is 10.4 Å². The van der Waals surface area contributed by atoms with E-state index in [0.29, 0.717) is 19.2 Å². The van der Waals surface area contributed by atoms with Crippen LogP contribution < -0.4 is 5.73 Å². The fraction of sp³-hybridized carbons (Fsp3) is 0.571. The number of fused-ring (bicyclic) bond motifs is 2. The number of hydrogen-bond donors (Lipinski definition) is 1. The number of nitrogens with two attached hydrogens (primary N) is 1. The molecule has 2 N–H and O–H groups in total. The van der Waals surface area contributed by atoms with Crippen molar-refractivity contribution in [2.24, 2.45) is 17.6 Å². The summed E-state index contributed by atoms with van der Waals surface area (Å²) in [4.78, 5) is 0. The summed E-state index contributed by atoms with van der Waals surface area (Å²) < 4.78 is 52.8. The van der Waals surface area contributed by atoms with Crippen LogP contribution >= 0.6 is 12.4 Å². The summed E-state index contributed by atoms with van der Waals surface area (Å²) in [6, 6.07) is 3.04. The van der Waals surface area contributed by atoms with E-state index in [-0.39, 0.29) is 35.8 Å². The second-order valence-electron chi connectivity index (χ2n) is 5.98. The van der Waals surface area contributed by atoms with Gasteiger partial charge in [-0.3, -0.25) is 0 Å². The summed E-state index contributed by atoms with van der Waals surface area (Å²) in [5.74, 6) is -1.59. The molecule has 1 saturated carbocycles. The Balaban J connectivity index is 0.00000176. The maximum atomic E-state index is 13.6. The van der Waals surface area contributed by atoms with Crippen molar-refractivity contribution in [3.8, 4) is 0 Å². The van der Waals surface area contributed by atoms with Crippen molar-refractivity contribution >= 4 is 22.4 Å². The Morgan fingerprint density at radius 1 is 1.18 bits per heavy atom.